The van der Waals surface area contributed by atoms with Crippen molar-refractivity contribution in [3.63, 3.8) is 0 Å². The number of carbonyl (C=O) groups excluding carboxylic acids is 1. The van der Waals surface area contributed by atoms with Gasteiger partial charge in [0.25, 0.3) is 0 Å². The van der Waals surface area contributed by atoms with Crippen LogP contribution in [-0.4, -0.2) is 37.7 Å². The third-order valence-electron chi connectivity index (χ3n) is 2.52. The number of nitrogens with zero attached hydrogens (tertiary/aromatic N) is 4. The van der Waals surface area contributed by atoms with Gasteiger partial charge < -0.3 is 0 Å². The Morgan fingerprint density at radius 3 is 2.09 bits per heavy atom. The SMILES string of the molecule is Clc1nccnc1C1SCCCS1.O=Cc1nccnc1Cl. The highest BCUT2D eigenvalue weighted by Crippen LogP contribution is 2.44. The lowest BCUT2D eigenvalue weighted by Crippen LogP contribution is -2.03. The molecule has 3 rings (SSSR count). The van der Waals surface area contributed by atoms with E-state index in [9.17, 15) is 4.79 Å². The molecule has 3 heterocycles. The van der Waals surface area contributed by atoms with E-state index in [0.29, 0.717) is 16.0 Å². The molecule has 0 amide bonds. The molecule has 5 nitrogen and oxygen atoms in total. The van der Waals surface area contributed by atoms with E-state index >= 15 is 0 Å². The number of hydrogen-bond acceptors (Lipinski definition) is 7. The van der Waals surface area contributed by atoms with E-state index in [2.05, 4.69) is 19.9 Å². The van der Waals surface area contributed by atoms with Crippen molar-refractivity contribution in [1.82, 2.24) is 19.9 Å². The fourth-order valence-electron chi connectivity index (χ4n) is 1.55. The van der Waals surface area contributed by atoms with Crippen molar-refractivity contribution in [3.05, 3.63) is 46.5 Å². The maximum absolute atomic E-state index is 10.0. The van der Waals surface area contributed by atoms with Gasteiger partial charge in [0.2, 0.25) is 0 Å². The maximum Gasteiger partial charge on any atom is 0.171 e. The minimum atomic E-state index is 0.146. The summed E-state index contributed by atoms with van der Waals surface area (Å²) in [4.78, 5) is 25.6. The average molecular weight is 375 g/mol. The third-order valence-corrected chi connectivity index (χ3v) is 6.02. The first-order valence-electron chi connectivity index (χ1n) is 6.33. The maximum atomic E-state index is 10.0. The molecule has 0 aliphatic carbocycles. The Morgan fingerprint density at radius 2 is 1.55 bits per heavy atom. The van der Waals surface area contributed by atoms with Crippen LogP contribution < -0.4 is 0 Å². The first-order valence-corrected chi connectivity index (χ1v) is 9.19. The molecular weight excluding hydrogens is 363 g/mol. The van der Waals surface area contributed by atoms with Crippen LogP contribution in [0.15, 0.2) is 24.8 Å². The Hall–Kier alpha value is -0.890. The molecule has 0 bridgehead atoms. The number of aldehydes is 1. The number of carbonyl (C=O) groups is 1. The van der Waals surface area contributed by atoms with Crippen molar-refractivity contribution < 1.29 is 4.79 Å². The lowest BCUT2D eigenvalue weighted by atomic mass is 10.5. The van der Waals surface area contributed by atoms with E-state index in [1.165, 1.54) is 30.3 Å². The summed E-state index contributed by atoms with van der Waals surface area (Å²) < 4.78 is 0.384. The molecule has 0 unspecified atom stereocenters. The summed E-state index contributed by atoms with van der Waals surface area (Å²) in [6.45, 7) is 0. The van der Waals surface area contributed by atoms with Gasteiger partial charge in [0.1, 0.15) is 11.4 Å². The third kappa shape index (κ3) is 5.08. The fraction of sp³-hybridized carbons (Fsp3) is 0.308. The summed E-state index contributed by atoms with van der Waals surface area (Å²) in [6.07, 6.45) is 8.02. The summed E-state index contributed by atoms with van der Waals surface area (Å²) in [5, 5.41) is 0.696. The van der Waals surface area contributed by atoms with Crippen LogP contribution in [0.1, 0.15) is 27.2 Å². The minimum Gasteiger partial charge on any atom is -0.296 e. The molecule has 1 aliphatic rings. The summed E-state index contributed by atoms with van der Waals surface area (Å²) in [7, 11) is 0. The topological polar surface area (TPSA) is 68.6 Å². The highest BCUT2D eigenvalue weighted by Gasteiger charge is 2.20. The largest absolute Gasteiger partial charge is 0.296 e. The molecule has 2 aromatic heterocycles. The molecule has 22 heavy (non-hydrogen) atoms. The monoisotopic (exact) mass is 374 g/mol. The molecule has 1 saturated heterocycles. The molecule has 1 aliphatic heterocycles. The molecule has 0 saturated carbocycles. The highest BCUT2D eigenvalue weighted by molar-refractivity contribution is 8.16. The number of rotatable bonds is 2. The van der Waals surface area contributed by atoms with Gasteiger partial charge in [0, 0.05) is 24.8 Å². The van der Waals surface area contributed by atoms with Crippen molar-refractivity contribution >= 4 is 53.0 Å². The predicted octanol–water partition coefficient (Wildman–Crippen LogP) is 3.94. The van der Waals surface area contributed by atoms with Crippen LogP contribution >= 0.6 is 46.7 Å². The van der Waals surface area contributed by atoms with Gasteiger partial charge >= 0.3 is 0 Å². The number of hydrogen-bond donors (Lipinski definition) is 0. The Kier molecular flexibility index (Phi) is 7.38. The summed E-state index contributed by atoms with van der Waals surface area (Å²) in [5.41, 5.74) is 1.11. The molecule has 0 aromatic carbocycles. The highest BCUT2D eigenvalue weighted by atomic mass is 35.5. The smallest absolute Gasteiger partial charge is 0.171 e. The van der Waals surface area contributed by atoms with E-state index in [-0.39, 0.29) is 10.8 Å². The van der Waals surface area contributed by atoms with Gasteiger partial charge in [0.15, 0.2) is 16.6 Å². The van der Waals surface area contributed by atoms with Gasteiger partial charge in [-0.25, -0.2) is 15.0 Å². The zero-order valence-electron chi connectivity index (χ0n) is 11.4. The van der Waals surface area contributed by atoms with Crippen molar-refractivity contribution in [2.24, 2.45) is 0 Å². The summed E-state index contributed by atoms with van der Waals surface area (Å²) in [5.74, 6) is 2.40. The number of halogens is 2. The summed E-state index contributed by atoms with van der Waals surface area (Å²) in [6, 6.07) is 0. The van der Waals surface area contributed by atoms with Gasteiger partial charge in [-0.3, -0.25) is 9.78 Å². The Morgan fingerprint density at radius 1 is 0.955 bits per heavy atom. The van der Waals surface area contributed by atoms with Gasteiger partial charge in [-0.1, -0.05) is 23.2 Å². The molecular formula is C13H12Cl2N4OS2. The van der Waals surface area contributed by atoms with Crippen LogP contribution in [0.2, 0.25) is 10.3 Å². The van der Waals surface area contributed by atoms with E-state index in [4.69, 9.17) is 23.2 Å². The van der Waals surface area contributed by atoms with Crippen LogP contribution in [0.4, 0.5) is 0 Å². The lowest BCUT2D eigenvalue weighted by molar-refractivity contribution is 0.111. The quantitative estimate of drug-likeness (QED) is 0.737. The van der Waals surface area contributed by atoms with Crippen molar-refractivity contribution in [2.45, 2.75) is 11.0 Å². The molecule has 0 atom stereocenters. The van der Waals surface area contributed by atoms with Gasteiger partial charge in [0.05, 0.1) is 4.58 Å². The molecule has 0 radical (unpaired) electrons. The van der Waals surface area contributed by atoms with E-state index in [1.807, 2.05) is 23.5 Å². The Labute approximate surface area is 146 Å². The van der Waals surface area contributed by atoms with E-state index in [0.717, 1.165) is 5.69 Å². The molecule has 0 spiro atoms. The standard InChI is InChI=1S/C8H9ClN2S2.C5H3ClN2O/c9-7-6(10-2-3-11-7)8-12-4-1-5-13-8;6-5-4(3-9)7-1-2-8-5/h2-3,8H,1,4-5H2;1-3H. The van der Waals surface area contributed by atoms with Gasteiger partial charge in [-0.2, -0.15) is 0 Å². The molecule has 0 N–H and O–H groups in total. The van der Waals surface area contributed by atoms with Gasteiger partial charge in [-0.05, 0) is 17.9 Å². The van der Waals surface area contributed by atoms with Gasteiger partial charge in [-0.15, -0.1) is 23.5 Å². The van der Waals surface area contributed by atoms with E-state index in [1.54, 1.807) is 12.4 Å². The predicted molar refractivity (Wildman–Crippen MR) is 91.7 cm³/mol. The molecule has 1 fully saturated rings. The molecule has 2 aromatic rings. The lowest BCUT2D eigenvalue weighted by Gasteiger charge is -2.20. The first-order chi connectivity index (χ1) is 10.7. The summed E-state index contributed by atoms with van der Waals surface area (Å²) >= 11 is 15.2. The second-order valence-corrected chi connectivity index (χ2v) is 7.45. The second-order valence-electron chi connectivity index (χ2n) is 4.01. The zero-order valence-corrected chi connectivity index (χ0v) is 14.5. The number of aromatic nitrogens is 4. The Balaban J connectivity index is 0.000000172. The van der Waals surface area contributed by atoms with E-state index < -0.39 is 0 Å². The van der Waals surface area contributed by atoms with Crippen LogP contribution in [-0.2, 0) is 0 Å². The normalized spacial score (nSPS) is 14.8. The fourth-order valence-corrected chi connectivity index (χ4v) is 4.90. The van der Waals surface area contributed by atoms with Crippen LogP contribution in [0.25, 0.3) is 0 Å². The van der Waals surface area contributed by atoms with Crippen LogP contribution in [0, 0.1) is 0 Å². The Bertz CT molecular complexity index is 626. The second kappa shape index (κ2) is 9.29. The minimum absolute atomic E-state index is 0.146. The molecule has 9 heteroatoms. The van der Waals surface area contributed by atoms with Crippen molar-refractivity contribution in [2.75, 3.05) is 11.5 Å². The van der Waals surface area contributed by atoms with Crippen LogP contribution in [0.5, 0.6) is 0 Å². The first kappa shape index (κ1) is 17.5. The average Bonchev–Trinajstić information content (AvgIpc) is 2.57. The molecule has 116 valence electrons. The van der Waals surface area contributed by atoms with Crippen molar-refractivity contribution in [3.8, 4) is 0 Å². The zero-order chi connectivity index (χ0) is 15.8. The number of thioether (sulfide) groups is 2. The van der Waals surface area contributed by atoms with Crippen molar-refractivity contribution in [1.29, 1.82) is 0 Å². The van der Waals surface area contributed by atoms with Crippen LogP contribution in [0.3, 0.4) is 0 Å².